The molecule has 3 heterocycles. The van der Waals surface area contributed by atoms with Crippen LogP contribution in [0.15, 0.2) is 128 Å². The lowest BCUT2D eigenvalue weighted by molar-refractivity contribution is 0.312. The van der Waals surface area contributed by atoms with Crippen molar-refractivity contribution in [3.63, 3.8) is 0 Å². The molecule has 2 aromatic carbocycles. The molecule has 2 aromatic heterocycles. The lowest BCUT2D eigenvalue weighted by atomic mass is 10.1. The highest BCUT2D eigenvalue weighted by Crippen LogP contribution is 2.31. The Labute approximate surface area is 304 Å². The number of rotatable bonds is 9. The van der Waals surface area contributed by atoms with Crippen molar-refractivity contribution in [2.45, 2.75) is 60.4 Å². The summed E-state index contributed by atoms with van der Waals surface area (Å²) in [6, 6.07) is 12.0. The first-order valence-electron chi connectivity index (χ1n) is 18.1. The summed E-state index contributed by atoms with van der Waals surface area (Å²) in [6.07, 6.45) is 31.4. The van der Waals surface area contributed by atoms with Gasteiger partial charge in [-0.3, -0.25) is 0 Å². The lowest BCUT2D eigenvalue weighted by Crippen LogP contribution is -2.26. The molecule has 4 nitrogen and oxygen atoms in total. The molecule has 6 heteroatoms. The van der Waals surface area contributed by atoms with Crippen molar-refractivity contribution in [1.82, 2.24) is 19.4 Å². The van der Waals surface area contributed by atoms with Crippen molar-refractivity contribution in [2.24, 2.45) is 0 Å². The summed E-state index contributed by atoms with van der Waals surface area (Å²) in [5.41, 5.74) is 6.75. The van der Waals surface area contributed by atoms with Crippen molar-refractivity contribution in [2.75, 3.05) is 26.7 Å². The van der Waals surface area contributed by atoms with Crippen molar-refractivity contribution >= 4 is 34.2 Å². The first kappa shape index (κ1) is 40.6. The number of likely N-dealkylation sites (N-methyl/N-ethyl adjacent to an activating group) is 2. The number of fused-ring (bicyclic) bond motifs is 4. The number of benzene rings is 2. The van der Waals surface area contributed by atoms with Crippen LogP contribution in [0.2, 0.25) is 0 Å². The molecule has 0 amide bonds. The molecule has 4 aromatic rings. The summed E-state index contributed by atoms with van der Waals surface area (Å²) in [4.78, 5) is 2.28. The molecular weight excluding hydrogens is 635 g/mol. The van der Waals surface area contributed by atoms with E-state index in [2.05, 4.69) is 70.3 Å². The Morgan fingerprint density at radius 1 is 0.843 bits per heavy atom. The Balaban J connectivity index is 0.000000228. The van der Waals surface area contributed by atoms with Gasteiger partial charge < -0.3 is 19.4 Å². The minimum Gasteiger partial charge on any atom is -0.321 e. The van der Waals surface area contributed by atoms with Crippen LogP contribution in [0.1, 0.15) is 58.0 Å². The fourth-order valence-electron chi connectivity index (χ4n) is 5.88. The Morgan fingerprint density at radius 2 is 1.55 bits per heavy atom. The van der Waals surface area contributed by atoms with Gasteiger partial charge in [0, 0.05) is 67.0 Å². The Morgan fingerprint density at radius 3 is 2.24 bits per heavy atom. The van der Waals surface area contributed by atoms with Crippen LogP contribution in [-0.4, -0.2) is 40.7 Å². The van der Waals surface area contributed by atoms with E-state index >= 15 is 0 Å². The Bertz CT molecular complexity index is 1900. The van der Waals surface area contributed by atoms with Gasteiger partial charge >= 0.3 is 0 Å². The summed E-state index contributed by atoms with van der Waals surface area (Å²) >= 11 is 0. The van der Waals surface area contributed by atoms with E-state index in [9.17, 15) is 8.78 Å². The number of hydrogen-bond acceptors (Lipinski definition) is 2. The van der Waals surface area contributed by atoms with Gasteiger partial charge in [0.15, 0.2) is 0 Å². The maximum atomic E-state index is 13.7. The minimum atomic E-state index is -0.182. The van der Waals surface area contributed by atoms with E-state index in [0.29, 0.717) is 0 Å². The molecule has 0 bridgehead atoms. The van der Waals surface area contributed by atoms with E-state index in [0.717, 1.165) is 72.8 Å². The highest BCUT2D eigenvalue weighted by molar-refractivity contribution is 5.88. The Kier molecular flexibility index (Phi) is 17.6. The lowest BCUT2D eigenvalue weighted by Gasteiger charge is -2.23. The van der Waals surface area contributed by atoms with Gasteiger partial charge in [0.1, 0.15) is 11.6 Å². The number of hydrogen-bond donors (Lipinski definition) is 1. The molecule has 1 aliphatic heterocycles. The van der Waals surface area contributed by atoms with E-state index in [1.807, 2.05) is 101 Å². The van der Waals surface area contributed by atoms with E-state index in [-0.39, 0.29) is 11.6 Å². The summed E-state index contributed by atoms with van der Waals surface area (Å²) in [5.74, 6) is -0.364. The maximum Gasteiger partial charge on any atom is 0.123 e. The number of aromatic nitrogens is 2. The molecule has 0 spiro atoms. The molecule has 0 unspecified atom stereocenters. The van der Waals surface area contributed by atoms with Gasteiger partial charge in [-0.2, -0.15) is 0 Å². The molecule has 6 rings (SSSR count). The largest absolute Gasteiger partial charge is 0.321 e. The standard InChI is InChI=1S/C21H23FN2.C15H19FN2.C7H8.C2H6/c1-4-5-6-7-16(2)10-13-24-20-9-8-17(22)14-18(20)19-15-23(3)12-11-21(19)24;1-3-9-18-14(7-8-17-4-2)11-12-10-13(16)5-6-15(12)18;1-2-4-6-7-5-3-1;1-2/h4-10,13-14H,2,11-12,15H2,1,3H3;3,5-6,9-11,17H,4,7-8H2,1-2H3;1-6H,7H2;1-2H3/b5-4-,7-6-,13-10+;9-3-;;. The number of halogens is 2. The summed E-state index contributed by atoms with van der Waals surface area (Å²) < 4.78 is 31.3. The topological polar surface area (TPSA) is 25.1 Å². The zero-order valence-electron chi connectivity index (χ0n) is 31.4. The quantitative estimate of drug-likeness (QED) is 0.140. The fourth-order valence-corrected chi connectivity index (χ4v) is 5.88. The second-order valence-electron chi connectivity index (χ2n) is 12.0. The third-order valence-corrected chi connectivity index (χ3v) is 8.26. The van der Waals surface area contributed by atoms with E-state index in [4.69, 9.17) is 0 Å². The van der Waals surface area contributed by atoms with Gasteiger partial charge in [0.2, 0.25) is 0 Å². The van der Waals surface area contributed by atoms with Crippen LogP contribution in [0.25, 0.3) is 34.2 Å². The van der Waals surface area contributed by atoms with E-state index in [1.54, 1.807) is 12.1 Å². The molecule has 0 radical (unpaired) electrons. The molecule has 51 heavy (non-hydrogen) atoms. The number of nitrogens with one attached hydrogen (secondary N) is 1. The van der Waals surface area contributed by atoms with E-state index in [1.165, 1.54) is 29.1 Å². The molecule has 0 saturated carbocycles. The Hall–Kier alpha value is -4.78. The van der Waals surface area contributed by atoms with Crippen LogP contribution in [0.3, 0.4) is 0 Å². The summed E-state index contributed by atoms with van der Waals surface area (Å²) in [6.45, 7) is 17.9. The first-order chi connectivity index (χ1) is 24.9. The summed E-state index contributed by atoms with van der Waals surface area (Å²) in [5, 5.41) is 5.28. The normalized spacial score (nSPS) is 14.1. The summed E-state index contributed by atoms with van der Waals surface area (Å²) in [7, 11) is 2.11. The van der Waals surface area contributed by atoms with Crippen LogP contribution in [-0.2, 0) is 19.4 Å². The third-order valence-electron chi connectivity index (χ3n) is 8.26. The zero-order chi connectivity index (χ0) is 37.0. The molecule has 1 N–H and O–H groups in total. The zero-order valence-corrected chi connectivity index (χ0v) is 31.4. The molecule has 1 aliphatic carbocycles. The van der Waals surface area contributed by atoms with Crippen LogP contribution in [0.4, 0.5) is 8.78 Å². The predicted octanol–water partition coefficient (Wildman–Crippen LogP) is 11.4. The van der Waals surface area contributed by atoms with Gasteiger partial charge in [-0.1, -0.05) is 94.2 Å². The van der Waals surface area contributed by atoms with E-state index < -0.39 is 0 Å². The van der Waals surface area contributed by atoms with Crippen LogP contribution in [0, 0.1) is 11.6 Å². The van der Waals surface area contributed by atoms with Crippen molar-refractivity contribution < 1.29 is 8.78 Å². The number of nitrogens with zero attached hydrogens (tertiary/aromatic N) is 3. The van der Waals surface area contributed by atoms with Gasteiger partial charge in [-0.15, -0.1) is 0 Å². The second kappa shape index (κ2) is 22.1. The maximum absolute atomic E-state index is 13.7. The third kappa shape index (κ3) is 12.2. The monoisotopic (exact) mass is 690 g/mol. The molecule has 2 aliphatic rings. The number of allylic oxidation sites excluding steroid dienone is 13. The fraction of sp³-hybridized carbons (Fsp3) is 0.289. The van der Waals surface area contributed by atoms with Gasteiger partial charge in [-0.25, -0.2) is 8.78 Å². The first-order valence-corrected chi connectivity index (χ1v) is 18.1. The highest BCUT2D eigenvalue weighted by atomic mass is 19.1. The smallest absolute Gasteiger partial charge is 0.123 e. The van der Waals surface area contributed by atoms with Crippen molar-refractivity contribution in [3.8, 4) is 0 Å². The molecule has 0 fully saturated rings. The highest BCUT2D eigenvalue weighted by Gasteiger charge is 2.21. The van der Waals surface area contributed by atoms with Gasteiger partial charge in [-0.05, 0) is 93.5 Å². The van der Waals surface area contributed by atoms with Crippen LogP contribution in [0.5, 0.6) is 0 Å². The molecule has 270 valence electrons. The van der Waals surface area contributed by atoms with Gasteiger partial charge in [0.05, 0.1) is 11.0 Å². The molecule has 0 saturated heterocycles. The predicted molar refractivity (Wildman–Crippen MR) is 219 cm³/mol. The van der Waals surface area contributed by atoms with Crippen molar-refractivity contribution in [1.29, 1.82) is 0 Å². The van der Waals surface area contributed by atoms with Crippen molar-refractivity contribution in [3.05, 3.63) is 156 Å². The van der Waals surface area contributed by atoms with Crippen LogP contribution >= 0.6 is 0 Å². The average molecular weight is 691 g/mol. The average Bonchev–Trinajstić information content (AvgIpc) is 3.42. The SMILES string of the molecule is C/C=C\n1c(CCNCC)cc2cc(F)ccc21.C1=CC=CCC=C1.C=C(/C=C\C=C/C)/C=C/n1c2c(c3cc(F)ccc31)CN(C)CC2.CC. The van der Waals surface area contributed by atoms with Gasteiger partial charge in [0.25, 0.3) is 0 Å². The van der Waals surface area contributed by atoms with Crippen LogP contribution < -0.4 is 5.32 Å². The minimum absolute atomic E-state index is 0.182. The second-order valence-corrected chi connectivity index (χ2v) is 12.0. The molecular formula is C45H56F2N4. The molecule has 0 atom stereocenters.